The van der Waals surface area contributed by atoms with Crippen molar-refractivity contribution in [3.63, 3.8) is 0 Å². The predicted molar refractivity (Wildman–Crippen MR) is 119 cm³/mol. The van der Waals surface area contributed by atoms with Crippen LogP contribution in [0.3, 0.4) is 0 Å². The Morgan fingerprint density at radius 3 is 2.50 bits per heavy atom. The van der Waals surface area contributed by atoms with Crippen molar-refractivity contribution in [1.29, 1.82) is 5.26 Å². The zero-order chi connectivity index (χ0) is 22.9. The molecule has 0 aliphatic carbocycles. The molecule has 8 nitrogen and oxygen atoms in total. The van der Waals surface area contributed by atoms with E-state index in [1.54, 1.807) is 50.4 Å². The summed E-state index contributed by atoms with van der Waals surface area (Å²) >= 11 is 6.28. The van der Waals surface area contributed by atoms with E-state index in [1.165, 1.54) is 6.08 Å². The van der Waals surface area contributed by atoms with Crippen LogP contribution in [0.5, 0.6) is 17.2 Å². The van der Waals surface area contributed by atoms with Gasteiger partial charge in [0.25, 0.3) is 5.91 Å². The van der Waals surface area contributed by atoms with E-state index in [1.807, 2.05) is 18.2 Å². The Morgan fingerprint density at radius 1 is 1.16 bits per heavy atom. The van der Waals surface area contributed by atoms with Gasteiger partial charge in [0.2, 0.25) is 0 Å². The summed E-state index contributed by atoms with van der Waals surface area (Å²) in [4.78, 5) is 12.3. The fourth-order valence-corrected chi connectivity index (χ4v) is 2.87. The lowest BCUT2D eigenvalue weighted by Crippen LogP contribution is -2.13. The second-order valence-electron chi connectivity index (χ2n) is 6.51. The second kappa shape index (κ2) is 10.9. The molecule has 164 valence electrons. The van der Waals surface area contributed by atoms with E-state index in [-0.39, 0.29) is 18.0 Å². The van der Waals surface area contributed by atoms with E-state index in [2.05, 4.69) is 10.5 Å². The molecule has 0 saturated carbocycles. The first-order valence-corrected chi connectivity index (χ1v) is 9.92. The lowest BCUT2D eigenvalue weighted by atomic mass is 10.1. The molecule has 1 heterocycles. The molecule has 0 bridgehead atoms. The maximum absolute atomic E-state index is 12.3. The number of nitriles is 1. The SMILES string of the molecule is COc1ccc(OCCOc2ccc(C=C(C#N)C(=O)Nc3cc(C)on3)cc2Cl)cc1. The zero-order valence-electron chi connectivity index (χ0n) is 17.4. The maximum Gasteiger partial charge on any atom is 0.267 e. The number of hydrogen-bond donors (Lipinski definition) is 1. The van der Waals surface area contributed by atoms with Gasteiger partial charge >= 0.3 is 0 Å². The Bertz CT molecular complexity index is 1150. The van der Waals surface area contributed by atoms with Crippen molar-refractivity contribution in [2.45, 2.75) is 6.92 Å². The molecule has 2 aromatic carbocycles. The van der Waals surface area contributed by atoms with Crippen LogP contribution >= 0.6 is 11.6 Å². The van der Waals surface area contributed by atoms with Crippen LogP contribution in [-0.2, 0) is 4.79 Å². The van der Waals surface area contributed by atoms with Crippen LogP contribution in [-0.4, -0.2) is 31.4 Å². The van der Waals surface area contributed by atoms with Gasteiger partial charge in [-0.25, -0.2) is 0 Å². The van der Waals surface area contributed by atoms with Gasteiger partial charge in [0.15, 0.2) is 5.82 Å². The summed E-state index contributed by atoms with van der Waals surface area (Å²) in [5.41, 5.74) is 0.461. The van der Waals surface area contributed by atoms with E-state index in [0.717, 1.165) is 5.75 Å². The minimum atomic E-state index is -0.604. The molecule has 9 heteroatoms. The van der Waals surface area contributed by atoms with Crippen LogP contribution in [0.1, 0.15) is 11.3 Å². The van der Waals surface area contributed by atoms with Crippen LogP contribution in [0.2, 0.25) is 5.02 Å². The van der Waals surface area contributed by atoms with E-state index in [9.17, 15) is 10.1 Å². The monoisotopic (exact) mass is 453 g/mol. The summed E-state index contributed by atoms with van der Waals surface area (Å²) in [5, 5.41) is 15.8. The lowest BCUT2D eigenvalue weighted by molar-refractivity contribution is -0.112. The van der Waals surface area contributed by atoms with Gasteiger partial charge in [0.1, 0.15) is 47.9 Å². The molecular weight excluding hydrogens is 434 g/mol. The first kappa shape index (κ1) is 22.7. The van der Waals surface area contributed by atoms with Gasteiger partial charge in [-0.05, 0) is 55.0 Å². The summed E-state index contributed by atoms with van der Waals surface area (Å²) in [7, 11) is 1.60. The molecule has 1 aromatic heterocycles. The van der Waals surface area contributed by atoms with E-state index < -0.39 is 5.91 Å². The van der Waals surface area contributed by atoms with Crippen LogP contribution in [0.25, 0.3) is 6.08 Å². The van der Waals surface area contributed by atoms with Gasteiger partial charge in [-0.15, -0.1) is 0 Å². The van der Waals surface area contributed by atoms with Crippen molar-refractivity contribution in [2.24, 2.45) is 0 Å². The van der Waals surface area contributed by atoms with Gasteiger partial charge in [-0.1, -0.05) is 22.8 Å². The number of benzene rings is 2. The predicted octanol–water partition coefficient (Wildman–Crippen LogP) is 4.65. The number of methoxy groups -OCH3 is 1. The highest BCUT2D eigenvalue weighted by atomic mass is 35.5. The molecule has 3 aromatic rings. The Hall–Kier alpha value is -3.96. The number of ether oxygens (including phenoxy) is 3. The largest absolute Gasteiger partial charge is 0.497 e. The molecule has 0 aliphatic heterocycles. The third kappa shape index (κ3) is 6.27. The fourth-order valence-electron chi connectivity index (χ4n) is 2.63. The minimum Gasteiger partial charge on any atom is -0.497 e. The standard InChI is InChI=1S/C23H20ClN3O5/c1-15-11-22(27-32-15)26-23(28)17(14-25)12-16-3-8-21(20(24)13-16)31-10-9-30-19-6-4-18(29-2)5-7-19/h3-8,11-13H,9-10H2,1-2H3,(H,26,27,28). The van der Waals surface area contributed by atoms with Crippen molar-refractivity contribution in [3.8, 4) is 23.3 Å². The number of aryl methyl sites for hydroxylation is 1. The van der Waals surface area contributed by atoms with Gasteiger partial charge in [-0.3, -0.25) is 4.79 Å². The average molecular weight is 454 g/mol. The summed E-state index contributed by atoms with van der Waals surface area (Å²) in [6.07, 6.45) is 1.42. The molecule has 0 unspecified atom stereocenters. The number of nitrogens with one attached hydrogen (secondary N) is 1. The molecule has 32 heavy (non-hydrogen) atoms. The number of halogens is 1. The number of carbonyl (C=O) groups excluding carboxylic acids is 1. The number of nitrogens with zero attached hydrogens (tertiary/aromatic N) is 2. The van der Waals surface area contributed by atoms with Gasteiger partial charge in [0.05, 0.1) is 12.1 Å². The lowest BCUT2D eigenvalue weighted by Gasteiger charge is -2.10. The topological polar surface area (TPSA) is 107 Å². The highest BCUT2D eigenvalue weighted by molar-refractivity contribution is 6.32. The van der Waals surface area contributed by atoms with Gasteiger partial charge in [0, 0.05) is 6.07 Å². The molecule has 0 radical (unpaired) electrons. The van der Waals surface area contributed by atoms with E-state index >= 15 is 0 Å². The Kier molecular flexibility index (Phi) is 7.73. The molecular formula is C23H20ClN3O5. The normalized spacial score (nSPS) is 10.9. The highest BCUT2D eigenvalue weighted by Crippen LogP contribution is 2.27. The summed E-state index contributed by atoms with van der Waals surface area (Å²) in [6, 6.07) is 15.6. The Morgan fingerprint density at radius 2 is 1.88 bits per heavy atom. The quantitative estimate of drug-likeness (QED) is 0.285. The van der Waals surface area contributed by atoms with Crippen molar-refractivity contribution in [1.82, 2.24) is 5.16 Å². The average Bonchev–Trinajstić information content (AvgIpc) is 3.20. The van der Waals surface area contributed by atoms with Crippen LogP contribution in [0.15, 0.2) is 58.6 Å². The molecule has 3 rings (SSSR count). The van der Waals surface area contributed by atoms with Crippen LogP contribution in [0, 0.1) is 18.3 Å². The fraction of sp³-hybridized carbons (Fsp3) is 0.174. The van der Waals surface area contributed by atoms with E-state index in [4.69, 9.17) is 30.3 Å². The summed E-state index contributed by atoms with van der Waals surface area (Å²) in [5.74, 6) is 2.08. The van der Waals surface area contributed by atoms with E-state index in [0.29, 0.717) is 34.5 Å². The third-order valence-corrected chi connectivity index (χ3v) is 4.47. The Labute approximate surface area is 189 Å². The smallest absolute Gasteiger partial charge is 0.267 e. The molecule has 0 saturated heterocycles. The highest BCUT2D eigenvalue weighted by Gasteiger charge is 2.12. The number of anilines is 1. The molecule has 0 spiro atoms. The minimum absolute atomic E-state index is 0.108. The van der Waals surface area contributed by atoms with Gasteiger partial charge < -0.3 is 24.1 Å². The summed E-state index contributed by atoms with van der Waals surface area (Å²) in [6.45, 7) is 2.30. The third-order valence-electron chi connectivity index (χ3n) is 4.17. The molecule has 0 atom stereocenters. The number of rotatable bonds is 9. The molecule has 0 fully saturated rings. The van der Waals surface area contributed by atoms with Gasteiger partial charge in [-0.2, -0.15) is 5.26 Å². The number of aromatic nitrogens is 1. The van der Waals surface area contributed by atoms with Crippen molar-refractivity contribution in [3.05, 3.63) is 70.5 Å². The first-order valence-electron chi connectivity index (χ1n) is 9.54. The van der Waals surface area contributed by atoms with Crippen molar-refractivity contribution < 1.29 is 23.5 Å². The molecule has 1 amide bonds. The molecule has 0 aliphatic rings. The van der Waals surface area contributed by atoms with Crippen LogP contribution < -0.4 is 19.5 Å². The Balaban J connectivity index is 1.55. The molecule has 1 N–H and O–H groups in total. The number of hydrogen-bond acceptors (Lipinski definition) is 7. The van der Waals surface area contributed by atoms with Crippen molar-refractivity contribution >= 4 is 29.4 Å². The van der Waals surface area contributed by atoms with Crippen molar-refractivity contribution in [2.75, 3.05) is 25.6 Å². The number of carbonyl (C=O) groups is 1. The van der Waals surface area contributed by atoms with Crippen LogP contribution in [0.4, 0.5) is 5.82 Å². The zero-order valence-corrected chi connectivity index (χ0v) is 18.2. The maximum atomic E-state index is 12.3. The first-order chi connectivity index (χ1) is 15.5. The number of amides is 1. The summed E-state index contributed by atoms with van der Waals surface area (Å²) < 4.78 is 21.3. The second-order valence-corrected chi connectivity index (χ2v) is 6.92.